The van der Waals surface area contributed by atoms with Crippen molar-refractivity contribution in [3.63, 3.8) is 0 Å². The molecule has 0 spiro atoms. The maximum atomic E-state index is 6.33. The van der Waals surface area contributed by atoms with Crippen LogP contribution in [0.2, 0.25) is 0 Å². The number of nitrogen functional groups attached to an aromatic ring is 1. The number of ether oxygens (including phenoxy) is 1. The van der Waals surface area contributed by atoms with Crippen molar-refractivity contribution < 1.29 is 4.74 Å². The van der Waals surface area contributed by atoms with Gasteiger partial charge in [-0.05, 0) is 66.7 Å². The molecule has 3 rings (SSSR count). The van der Waals surface area contributed by atoms with E-state index in [1.54, 1.807) is 0 Å². The molecule has 0 unspecified atom stereocenters. The van der Waals surface area contributed by atoms with Gasteiger partial charge in [0.15, 0.2) is 0 Å². The highest BCUT2D eigenvalue weighted by atomic mass is 16.5. The predicted molar refractivity (Wildman–Crippen MR) is 75.1 cm³/mol. The van der Waals surface area contributed by atoms with Crippen molar-refractivity contribution in [2.75, 3.05) is 12.3 Å². The Morgan fingerprint density at radius 2 is 1.61 bits per heavy atom. The lowest BCUT2D eigenvalue weighted by atomic mass is 10.00. The van der Waals surface area contributed by atoms with Gasteiger partial charge in [-0.15, -0.1) is 0 Å². The van der Waals surface area contributed by atoms with Crippen LogP contribution in [-0.2, 0) is 0 Å². The second-order valence-corrected chi connectivity index (χ2v) is 6.27. The summed E-state index contributed by atoms with van der Waals surface area (Å²) in [6, 6.07) is 4.36. The van der Waals surface area contributed by atoms with Crippen LogP contribution in [0.25, 0.3) is 0 Å². The maximum Gasteiger partial charge on any atom is 0.120 e. The van der Waals surface area contributed by atoms with E-state index in [1.165, 1.54) is 36.8 Å². The van der Waals surface area contributed by atoms with E-state index in [9.17, 15) is 0 Å². The van der Waals surface area contributed by atoms with Gasteiger partial charge in [-0.25, -0.2) is 0 Å². The van der Waals surface area contributed by atoms with Gasteiger partial charge in [0.2, 0.25) is 0 Å². The first-order valence-corrected chi connectivity index (χ1v) is 7.21. The van der Waals surface area contributed by atoms with Crippen LogP contribution in [0.1, 0.15) is 62.5 Å². The number of anilines is 1. The Morgan fingerprint density at radius 3 is 2.00 bits per heavy atom. The average molecular weight is 245 g/mol. The third-order valence-electron chi connectivity index (χ3n) is 3.84. The molecule has 0 saturated heterocycles. The van der Waals surface area contributed by atoms with E-state index >= 15 is 0 Å². The molecule has 0 amide bonds. The van der Waals surface area contributed by atoms with Crippen molar-refractivity contribution in [1.29, 1.82) is 0 Å². The third-order valence-corrected chi connectivity index (χ3v) is 3.84. The highest BCUT2D eigenvalue weighted by Gasteiger charge is 2.32. The zero-order chi connectivity index (χ0) is 12.7. The summed E-state index contributed by atoms with van der Waals surface area (Å²) < 4.78 is 5.90. The van der Waals surface area contributed by atoms with E-state index in [0.29, 0.717) is 17.8 Å². The fourth-order valence-corrected chi connectivity index (χ4v) is 2.48. The van der Waals surface area contributed by atoms with Gasteiger partial charge in [-0.3, -0.25) is 0 Å². The molecule has 2 heteroatoms. The highest BCUT2D eigenvalue weighted by Crippen LogP contribution is 2.50. The highest BCUT2D eigenvalue weighted by molar-refractivity contribution is 5.61. The van der Waals surface area contributed by atoms with Gasteiger partial charge in [0.1, 0.15) is 5.75 Å². The lowest BCUT2D eigenvalue weighted by molar-refractivity contribution is 0.270. The van der Waals surface area contributed by atoms with Crippen LogP contribution in [0.15, 0.2) is 12.1 Å². The fraction of sp³-hybridized carbons (Fsp3) is 0.625. The summed E-state index contributed by atoms with van der Waals surface area (Å²) >= 11 is 0. The molecule has 2 aliphatic rings. The van der Waals surface area contributed by atoms with E-state index < -0.39 is 0 Å². The molecule has 2 nitrogen and oxygen atoms in total. The zero-order valence-electron chi connectivity index (χ0n) is 11.4. The summed E-state index contributed by atoms with van der Waals surface area (Å²) in [5.74, 6) is 2.99. The van der Waals surface area contributed by atoms with Crippen LogP contribution in [0, 0.1) is 5.92 Å². The number of rotatable bonds is 5. The molecular weight excluding hydrogens is 222 g/mol. The SMILES string of the molecule is CC(C)COc1cc(C2CC2)c(N)c(C2CC2)c1. The van der Waals surface area contributed by atoms with Crippen LogP contribution in [-0.4, -0.2) is 6.61 Å². The number of hydrogen-bond acceptors (Lipinski definition) is 2. The fourth-order valence-electron chi connectivity index (χ4n) is 2.48. The largest absolute Gasteiger partial charge is 0.493 e. The van der Waals surface area contributed by atoms with E-state index in [2.05, 4.69) is 26.0 Å². The zero-order valence-corrected chi connectivity index (χ0v) is 11.4. The second kappa shape index (κ2) is 4.49. The van der Waals surface area contributed by atoms with E-state index in [0.717, 1.165) is 18.0 Å². The summed E-state index contributed by atoms with van der Waals surface area (Å²) in [5, 5.41) is 0. The van der Waals surface area contributed by atoms with Crippen molar-refractivity contribution >= 4 is 5.69 Å². The first kappa shape index (κ1) is 11.9. The molecule has 98 valence electrons. The van der Waals surface area contributed by atoms with Gasteiger partial charge in [0.25, 0.3) is 0 Å². The van der Waals surface area contributed by atoms with Gasteiger partial charge in [-0.1, -0.05) is 13.8 Å². The van der Waals surface area contributed by atoms with Crippen LogP contribution in [0.4, 0.5) is 5.69 Å². The molecule has 18 heavy (non-hydrogen) atoms. The molecule has 0 aliphatic heterocycles. The van der Waals surface area contributed by atoms with Crippen LogP contribution < -0.4 is 10.5 Å². The van der Waals surface area contributed by atoms with Gasteiger partial charge in [0, 0.05) is 5.69 Å². The summed E-state index contributed by atoms with van der Waals surface area (Å²) in [7, 11) is 0. The molecule has 2 aliphatic carbocycles. The Labute approximate surface area is 110 Å². The van der Waals surface area contributed by atoms with Gasteiger partial charge < -0.3 is 10.5 Å². The Hall–Kier alpha value is -1.18. The average Bonchev–Trinajstić information content (AvgIpc) is 3.17. The predicted octanol–water partition coefficient (Wildman–Crippen LogP) is 4.06. The molecule has 2 N–H and O–H groups in total. The molecule has 2 fully saturated rings. The first-order chi connectivity index (χ1) is 8.65. The van der Waals surface area contributed by atoms with Crippen molar-refractivity contribution in [2.45, 2.75) is 51.4 Å². The Bertz CT molecular complexity index is 411. The Morgan fingerprint density at radius 1 is 1.11 bits per heavy atom. The minimum atomic E-state index is 0.566. The topological polar surface area (TPSA) is 35.2 Å². The number of hydrogen-bond donors (Lipinski definition) is 1. The first-order valence-electron chi connectivity index (χ1n) is 7.21. The normalized spacial score (nSPS) is 19.3. The Kier molecular flexibility index (Phi) is 2.96. The van der Waals surface area contributed by atoms with Crippen molar-refractivity contribution in [3.05, 3.63) is 23.3 Å². The summed E-state index contributed by atoms with van der Waals surface area (Å²) in [6.07, 6.45) is 5.17. The molecule has 0 heterocycles. The lowest BCUT2D eigenvalue weighted by Gasteiger charge is -2.15. The van der Waals surface area contributed by atoms with Crippen molar-refractivity contribution in [3.8, 4) is 5.75 Å². The molecular formula is C16H23NO. The van der Waals surface area contributed by atoms with E-state index in [4.69, 9.17) is 10.5 Å². The smallest absolute Gasteiger partial charge is 0.120 e. The molecule has 0 radical (unpaired) electrons. The molecule has 0 aromatic heterocycles. The van der Waals surface area contributed by atoms with Crippen molar-refractivity contribution in [1.82, 2.24) is 0 Å². The van der Waals surface area contributed by atoms with Crippen LogP contribution >= 0.6 is 0 Å². The Balaban J connectivity index is 1.88. The van der Waals surface area contributed by atoms with Crippen LogP contribution in [0.3, 0.4) is 0 Å². The van der Waals surface area contributed by atoms with E-state index in [1.807, 2.05) is 0 Å². The third kappa shape index (κ3) is 2.47. The minimum absolute atomic E-state index is 0.566. The molecule has 0 atom stereocenters. The van der Waals surface area contributed by atoms with Gasteiger partial charge >= 0.3 is 0 Å². The minimum Gasteiger partial charge on any atom is -0.493 e. The second-order valence-electron chi connectivity index (χ2n) is 6.27. The van der Waals surface area contributed by atoms with Gasteiger partial charge in [-0.2, -0.15) is 0 Å². The van der Waals surface area contributed by atoms with Crippen molar-refractivity contribution in [2.24, 2.45) is 5.92 Å². The number of nitrogens with two attached hydrogens (primary N) is 1. The molecule has 1 aromatic rings. The lowest BCUT2D eigenvalue weighted by Crippen LogP contribution is -2.06. The summed E-state index contributed by atoms with van der Waals surface area (Å²) in [6.45, 7) is 5.15. The molecule has 0 bridgehead atoms. The van der Waals surface area contributed by atoms with Crippen LogP contribution in [0.5, 0.6) is 5.75 Å². The number of benzene rings is 1. The standard InChI is InChI=1S/C16H23NO/c1-10(2)9-18-13-7-14(11-3-4-11)16(17)15(8-13)12-5-6-12/h7-8,10-12H,3-6,9,17H2,1-2H3. The molecule has 1 aromatic carbocycles. The summed E-state index contributed by atoms with van der Waals surface area (Å²) in [4.78, 5) is 0. The molecule has 2 saturated carbocycles. The van der Waals surface area contributed by atoms with E-state index in [-0.39, 0.29) is 0 Å². The maximum absolute atomic E-state index is 6.33. The summed E-state index contributed by atoms with van der Waals surface area (Å²) in [5.41, 5.74) is 10.1. The quantitative estimate of drug-likeness (QED) is 0.794. The van der Waals surface area contributed by atoms with Gasteiger partial charge in [0.05, 0.1) is 6.61 Å². The monoisotopic (exact) mass is 245 g/mol.